The van der Waals surface area contributed by atoms with Crippen molar-refractivity contribution in [1.29, 1.82) is 0 Å². The summed E-state index contributed by atoms with van der Waals surface area (Å²) in [5.74, 6) is -0.416. The van der Waals surface area contributed by atoms with Crippen molar-refractivity contribution < 1.29 is 14.7 Å². The van der Waals surface area contributed by atoms with Gasteiger partial charge in [-0.15, -0.1) is 0 Å². The summed E-state index contributed by atoms with van der Waals surface area (Å²) in [6, 6.07) is 0.222. The normalized spacial score (nSPS) is 34.0. The molecule has 1 N–H and O–H groups in total. The van der Waals surface area contributed by atoms with Crippen molar-refractivity contribution in [3.05, 3.63) is 0 Å². The van der Waals surface area contributed by atoms with Crippen molar-refractivity contribution >= 4 is 23.6 Å². The fourth-order valence-electron chi connectivity index (χ4n) is 2.15. The standard InChI is InChI=1S/C10H15NO3S/c1-10(2)7(5-15-10)11-4-6(9(13)14)3-8(11)12/h6-7H,3-5H2,1-2H3,(H,13,14). The number of carboxylic acid groups (broad SMARTS) is 1. The van der Waals surface area contributed by atoms with Crippen LogP contribution < -0.4 is 0 Å². The molecule has 0 aliphatic carbocycles. The van der Waals surface area contributed by atoms with Crippen LogP contribution in [0.25, 0.3) is 0 Å². The molecule has 2 atom stereocenters. The van der Waals surface area contributed by atoms with Crippen LogP contribution in [0.1, 0.15) is 20.3 Å². The zero-order chi connectivity index (χ0) is 11.2. The second-order valence-corrected chi connectivity index (χ2v) is 6.39. The maximum atomic E-state index is 11.7. The largest absolute Gasteiger partial charge is 0.481 e. The first-order valence-electron chi connectivity index (χ1n) is 5.08. The molecule has 2 fully saturated rings. The Morgan fingerprint density at radius 3 is 2.60 bits per heavy atom. The lowest BCUT2D eigenvalue weighted by Crippen LogP contribution is -2.57. The summed E-state index contributed by atoms with van der Waals surface area (Å²) in [6.45, 7) is 4.60. The Morgan fingerprint density at radius 1 is 1.60 bits per heavy atom. The summed E-state index contributed by atoms with van der Waals surface area (Å²) in [6.07, 6.45) is 0.173. The van der Waals surface area contributed by atoms with Gasteiger partial charge in [0.15, 0.2) is 0 Å². The number of aliphatic carboxylic acids is 1. The first kappa shape index (κ1) is 10.8. The molecule has 2 heterocycles. The topological polar surface area (TPSA) is 57.6 Å². The lowest BCUT2D eigenvalue weighted by atomic mass is 10.0. The highest BCUT2D eigenvalue weighted by atomic mass is 32.2. The molecule has 0 spiro atoms. The van der Waals surface area contributed by atoms with E-state index >= 15 is 0 Å². The van der Waals surface area contributed by atoms with E-state index < -0.39 is 11.9 Å². The van der Waals surface area contributed by atoms with E-state index in [4.69, 9.17) is 5.11 Å². The van der Waals surface area contributed by atoms with Gasteiger partial charge in [0.25, 0.3) is 0 Å². The highest BCUT2D eigenvalue weighted by molar-refractivity contribution is 8.02. The molecule has 2 aliphatic rings. The molecular formula is C10H15NO3S. The number of amides is 1. The van der Waals surface area contributed by atoms with E-state index in [1.165, 1.54) is 0 Å². The van der Waals surface area contributed by atoms with Crippen LogP contribution in [0.4, 0.5) is 0 Å². The zero-order valence-electron chi connectivity index (χ0n) is 8.90. The van der Waals surface area contributed by atoms with Crippen molar-refractivity contribution in [3.63, 3.8) is 0 Å². The summed E-state index contributed by atoms with van der Waals surface area (Å²) in [7, 11) is 0. The van der Waals surface area contributed by atoms with E-state index in [1.54, 1.807) is 4.90 Å². The Hall–Kier alpha value is -0.710. The second kappa shape index (κ2) is 3.40. The summed E-state index contributed by atoms with van der Waals surface area (Å²) >= 11 is 1.83. The molecule has 0 aromatic heterocycles. The van der Waals surface area contributed by atoms with Crippen molar-refractivity contribution in [3.8, 4) is 0 Å². The Bertz CT molecular complexity index is 316. The van der Waals surface area contributed by atoms with E-state index in [0.29, 0.717) is 6.54 Å². The summed E-state index contributed by atoms with van der Waals surface area (Å²) < 4.78 is 0.0864. The van der Waals surface area contributed by atoms with Gasteiger partial charge in [-0.25, -0.2) is 0 Å². The lowest BCUT2D eigenvalue weighted by Gasteiger charge is -2.48. The summed E-state index contributed by atoms with van der Waals surface area (Å²) in [5.41, 5.74) is 0. The zero-order valence-corrected chi connectivity index (χ0v) is 9.71. The molecule has 2 saturated heterocycles. The first-order chi connectivity index (χ1) is 6.92. The average Bonchev–Trinajstić information content (AvgIpc) is 2.47. The molecule has 4 nitrogen and oxygen atoms in total. The molecule has 15 heavy (non-hydrogen) atoms. The van der Waals surface area contributed by atoms with Gasteiger partial charge in [-0.3, -0.25) is 9.59 Å². The maximum Gasteiger partial charge on any atom is 0.308 e. The highest BCUT2D eigenvalue weighted by Gasteiger charge is 2.48. The molecule has 0 radical (unpaired) electrons. The van der Waals surface area contributed by atoms with Crippen LogP contribution >= 0.6 is 11.8 Å². The minimum absolute atomic E-state index is 0.000718. The van der Waals surface area contributed by atoms with Crippen LogP contribution in [0.15, 0.2) is 0 Å². The van der Waals surface area contributed by atoms with Crippen molar-refractivity contribution in [2.75, 3.05) is 12.3 Å². The van der Waals surface area contributed by atoms with Crippen LogP contribution in [0, 0.1) is 5.92 Å². The smallest absolute Gasteiger partial charge is 0.308 e. The average molecular weight is 229 g/mol. The van der Waals surface area contributed by atoms with Gasteiger partial charge in [-0.1, -0.05) is 0 Å². The highest BCUT2D eigenvalue weighted by Crippen LogP contribution is 2.44. The van der Waals surface area contributed by atoms with E-state index in [9.17, 15) is 9.59 Å². The number of carbonyl (C=O) groups excluding carboxylic acids is 1. The van der Waals surface area contributed by atoms with Crippen LogP contribution in [0.3, 0.4) is 0 Å². The van der Waals surface area contributed by atoms with Gasteiger partial charge >= 0.3 is 5.97 Å². The van der Waals surface area contributed by atoms with Crippen LogP contribution in [-0.4, -0.2) is 45.0 Å². The van der Waals surface area contributed by atoms with E-state index in [0.717, 1.165) is 5.75 Å². The Balaban J connectivity index is 2.06. The van der Waals surface area contributed by atoms with Gasteiger partial charge in [-0.2, -0.15) is 11.8 Å². The Labute approximate surface area is 93.0 Å². The molecular weight excluding hydrogens is 214 g/mol. The van der Waals surface area contributed by atoms with E-state index in [-0.39, 0.29) is 23.1 Å². The van der Waals surface area contributed by atoms with Gasteiger partial charge < -0.3 is 10.0 Å². The van der Waals surface area contributed by atoms with Crippen molar-refractivity contribution in [2.45, 2.75) is 31.1 Å². The monoisotopic (exact) mass is 229 g/mol. The van der Waals surface area contributed by atoms with Gasteiger partial charge in [0.05, 0.1) is 12.0 Å². The predicted octanol–water partition coefficient (Wildman–Crippen LogP) is 0.814. The van der Waals surface area contributed by atoms with E-state index in [1.807, 2.05) is 11.8 Å². The molecule has 2 rings (SSSR count). The molecule has 2 unspecified atom stereocenters. The third-order valence-electron chi connectivity index (χ3n) is 3.30. The van der Waals surface area contributed by atoms with Crippen molar-refractivity contribution in [2.24, 2.45) is 5.92 Å². The van der Waals surface area contributed by atoms with Gasteiger partial charge in [0, 0.05) is 23.5 Å². The molecule has 0 saturated carbocycles. The van der Waals surface area contributed by atoms with Crippen LogP contribution in [0.2, 0.25) is 0 Å². The number of likely N-dealkylation sites (tertiary alicyclic amines) is 1. The second-order valence-electron chi connectivity index (χ2n) is 4.72. The van der Waals surface area contributed by atoms with Gasteiger partial charge in [0.2, 0.25) is 5.91 Å². The number of carbonyl (C=O) groups is 2. The fraction of sp³-hybridized carbons (Fsp3) is 0.800. The number of thioether (sulfide) groups is 1. The molecule has 0 aromatic rings. The van der Waals surface area contributed by atoms with Crippen molar-refractivity contribution in [1.82, 2.24) is 4.90 Å². The quantitative estimate of drug-likeness (QED) is 0.761. The minimum Gasteiger partial charge on any atom is -0.481 e. The fourth-order valence-corrected chi connectivity index (χ4v) is 3.44. The molecule has 1 amide bonds. The molecule has 0 aromatic carbocycles. The SMILES string of the molecule is CC1(C)SCC1N1CC(C(=O)O)CC1=O. The molecule has 5 heteroatoms. The van der Waals surface area contributed by atoms with Crippen LogP contribution in [-0.2, 0) is 9.59 Å². The third-order valence-corrected chi connectivity index (χ3v) is 4.80. The van der Waals surface area contributed by atoms with E-state index in [2.05, 4.69) is 13.8 Å². The lowest BCUT2D eigenvalue weighted by molar-refractivity contribution is -0.141. The number of hydrogen-bond acceptors (Lipinski definition) is 3. The Kier molecular flexibility index (Phi) is 2.45. The first-order valence-corrected chi connectivity index (χ1v) is 6.06. The Morgan fingerprint density at radius 2 is 2.27 bits per heavy atom. The van der Waals surface area contributed by atoms with Crippen LogP contribution in [0.5, 0.6) is 0 Å². The minimum atomic E-state index is -0.851. The van der Waals surface area contributed by atoms with Gasteiger partial charge in [-0.05, 0) is 13.8 Å². The summed E-state index contributed by atoms with van der Waals surface area (Å²) in [5, 5.41) is 8.87. The molecule has 0 bridgehead atoms. The summed E-state index contributed by atoms with van der Waals surface area (Å²) in [4.78, 5) is 24.2. The number of nitrogens with zero attached hydrogens (tertiary/aromatic N) is 1. The molecule has 84 valence electrons. The van der Waals surface area contributed by atoms with Gasteiger partial charge in [0.1, 0.15) is 0 Å². The predicted molar refractivity (Wildman–Crippen MR) is 57.8 cm³/mol. The number of rotatable bonds is 2. The number of hydrogen-bond donors (Lipinski definition) is 1. The maximum absolute atomic E-state index is 11.7. The molecule has 2 aliphatic heterocycles. The third kappa shape index (κ3) is 1.73. The number of carboxylic acids is 1.